The molecule has 3 nitrogen and oxygen atoms in total. The molecule has 0 aromatic carbocycles. The summed E-state index contributed by atoms with van der Waals surface area (Å²) in [6.07, 6.45) is 7.10. The predicted molar refractivity (Wildman–Crippen MR) is 78.9 cm³/mol. The number of nitrogens with two attached hydrogens (primary N) is 1. The average molecular weight is 251 g/mol. The van der Waals surface area contributed by atoms with Crippen molar-refractivity contribution in [3.8, 4) is 0 Å². The lowest BCUT2D eigenvalue weighted by Gasteiger charge is -2.11. The molecule has 1 heterocycles. The summed E-state index contributed by atoms with van der Waals surface area (Å²) in [5.41, 5.74) is 7.38. The average Bonchev–Trinajstić information content (AvgIpc) is 2.65. The van der Waals surface area contributed by atoms with E-state index < -0.39 is 0 Å². The van der Waals surface area contributed by atoms with Crippen molar-refractivity contribution >= 4 is 5.82 Å². The Morgan fingerprint density at radius 3 is 2.33 bits per heavy atom. The molecule has 0 bridgehead atoms. The molecular weight excluding hydrogens is 222 g/mol. The van der Waals surface area contributed by atoms with Crippen LogP contribution in [0.25, 0.3) is 0 Å². The molecule has 0 aliphatic heterocycles. The summed E-state index contributed by atoms with van der Waals surface area (Å²) in [5.74, 6) is 2.51. The van der Waals surface area contributed by atoms with Crippen molar-refractivity contribution in [2.24, 2.45) is 0 Å². The highest BCUT2D eigenvalue weighted by Crippen LogP contribution is 2.23. The fourth-order valence-corrected chi connectivity index (χ4v) is 2.25. The predicted octanol–water partition coefficient (Wildman–Crippen LogP) is 4.12. The second-order valence-corrected chi connectivity index (χ2v) is 5.42. The van der Waals surface area contributed by atoms with Crippen LogP contribution in [0.4, 0.5) is 5.82 Å². The Bertz CT molecular complexity index is 353. The largest absolute Gasteiger partial charge is 0.384 e. The minimum Gasteiger partial charge on any atom is -0.384 e. The first-order valence-corrected chi connectivity index (χ1v) is 7.46. The van der Waals surface area contributed by atoms with Crippen molar-refractivity contribution in [3.05, 3.63) is 11.5 Å². The van der Waals surface area contributed by atoms with Crippen LogP contribution < -0.4 is 5.73 Å². The molecule has 0 saturated carbocycles. The molecule has 3 heteroatoms. The van der Waals surface area contributed by atoms with Gasteiger partial charge in [0, 0.05) is 12.5 Å². The second-order valence-electron chi connectivity index (χ2n) is 5.42. The number of nitrogen functional groups attached to an aromatic ring is 1. The summed E-state index contributed by atoms with van der Waals surface area (Å²) >= 11 is 0. The minimum atomic E-state index is 0.448. The quantitative estimate of drug-likeness (QED) is 0.706. The summed E-state index contributed by atoms with van der Waals surface area (Å²) in [4.78, 5) is 4.77. The molecule has 0 atom stereocenters. The number of hydrogen-bond donors (Lipinski definition) is 1. The van der Waals surface area contributed by atoms with Gasteiger partial charge in [-0.2, -0.15) is 0 Å². The number of nitrogens with zero attached hydrogens (tertiary/aromatic N) is 2. The highest BCUT2D eigenvalue weighted by Gasteiger charge is 2.16. The van der Waals surface area contributed by atoms with Gasteiger partial charge in [-0.1, -0.05) is 47.0 Å². The number of hydrogen-bond acceptors (Lipinski definition) is 2. The van der Waals surface area contributed by atoms with E-state index in [2.05, 4.69) is 32.3 Å². The monoisotopic (exact) mass is 251 g/mol. The van der Waals surface area contributed by atoms with Crippen LogP contribution in [0.1, 0.15) is 77.2 Å². The first-order chi connectivity index (χ1) is 8.61. The van der Waals surface area contributed by atoms with Crippen molar-refractivity contribution in [1.82, 2.24) is 9.55 Å². The van der Waals surface area contributed by atoms with Crippen molar-refractivity contribution < 1.29 is 0 Å². The van der Waals surface area contributed by atoms with E-state index in [0.29, 0.717) is 5.92 Å². The van der Waals surface area contributed by atoms with Crippen LogP contribution in [0.3, 0.4) is 0 Å². The fourth-order valence-electron chi connectivity index (χ4n) is 2.25. The highest BCUT2D eigenvalue weighted by molar-refractivity contribution is 5.39. The van der Waals surface area contributed by atoms with Gasteiger partial charge in [-0.15, -0.1) is 0 Å². The van der Waals surface area contributed by atoms with E-state index in [1.165, 1.54) is 32.1 Å². The second kappa shape index (κ2) is 7.45. The summed E-state index contributed by atoms with van der Waals surface area (Å²) in [5, 5.41) is 0. The molecule has 1 aromatic rings. The lowest BCUT2D eigenvalue weighted by molar-refractivity contribution is 0.588. The van der Waals surface area contributed by atoms with E-state index in [-0.39, 0.29) is 0 Å². The molecule has 1 rings (SSSR count). The zero-order valence-electron chi connectivity index (χ0n) is 12.5. The summed E-state index contributed by atoms with van der Waals surface area (Å²) in [6, 6.07) is 0. The molecule has 1 aromatic heterocycles. The molecule has 0 aliphatic carbocycles. The van der Waals surface area contributed by atoms with Crippen LogP contribution >= 0.6 is 0 Å². The first kappa shape index (κ1) is 15.1. The van der Waals surface area contributed by atoms with E-state index in [1.54, 1.807) is 0 Å². The highest BCUT2D eigenvalue weighted by atomic mass is 15.1. The molecule has 2 N–H and O–H groups in total. The van der Waals surface area contributed by atoms with Gasteiger partial charge in [0.1, 0.15) is 11.6 Å². The third kappa shape index (κ3) is 3.76. The van der Waals surface area contributed by atoms with Crippen molar-refractivity contribution in [3.63, 3.8) is 0 Å². The van der Waals surface area contributed by atoms with E-state index in [9.17, 15) is 0 Å². The van der Waals surface area contributed by atoms with Crippen LogP contribution in [0.5, 0.6) is 0 Å². The maximum absolute atomic E-state index is 6.27. The Balaban J connectivity index is 2.85. The van der Waals surface area contributed by atoms with Crippen LogP contribution in [0, 0.1) is 0 Å². The van der Waals surface area contributed by atoms with E-state index in [1.807, 2.05) is 0 Å². The molecule has 104 valence electrons. The number of anilines is 1. The molecule has 0 spiro atoms. The van der Waals surface area contributed by atoms with Gasteiger partial charge >= 0.3 is 0 Å². The minimum absolute atomic E-state index is 0.448. The number of unbranched alkanes of at least 4 members (excludes halogenated alkanes) is 3. The fraction of sp³-hybridized carbons (Fsp3) is 0.800. The molecule has 0 unspecified atom stereocenters. The molecule has 0 amide bonds. The SMILES string of the molecule is CCCCCc1nc(C(C)C)n(CCCC)c1N. The van der Waals surface area contributed by atoms with Crippen LogP contribution in [0.15, 0.2) is 0 Å². The van der Waals surface area contributed by atoms with Gasteiger partial charge in [-0.05, 0) is 19.3 Å². The normalized spacial score (nSPS) is 11.4. The van der Waals surface area contributed by atoms with Gasteiger partial charge in [0.25, 0.3) is 0 Å². The zero-order chi connectivity index (χ0) is 13.5. The lowest BCUT2D eigenvalue weighted by Crippen LogP contribution is -2.08. The van der Waals surface area contributed by atoms with Gasteiger partial charge in [0.15, 0.2) is 0 Å². The number of imidazole rings is 1. The lowest BCUT2D eigenvalue weighted by atomic mass is 10.1. The Hall–Kier alpha value is -0.990. The third-order valence-electron chi connectivity index (χ3n) is 3.38. The zero-order valence-corrected chi connectivity index (χ0v) is 12.5. The van der Waals surface area contributed by atoms with Crippen molar-refractivity contribution in [1.29, 1.82) is 0 Å². The molecule has 0 fully saturated rings. The molecule has 18 heavy (non-hydrogen) atoms. The maximum atomic E-state index is 6.27. The molecular formula is C15H29N3. The van der Waals surface area contributed by atoms with Gasteiger partial charge in [0.05, 0.1) is 5.69 Å². The smallest absolute Gasteiger partial charge is 0.126 e. The molecule has 0 radical (unpaired) electrons. The molecule has 0 saturated heterocycles. The van der Waals surface area contributed by atoms with E-state index in [4.69, 9.17) is 10.7 Å². The van der Waals surface area contributed by atoms with Crippen molar-refractivity contribution in [2.75, 3.05) is 5.73 Å². The van der Waals surface area contributed by atoms with Crippen LogP contribution in [0.2, 0.25) is 0 Å². The van der Waals surface area contributed by atoms with Gasteiger partial charge in [-0.25, -0.2) is 4.98 Å². The van der Waals surface area contributed by atoms with E-state index in [0.717, 1.165) is 30.3 Å². The van der Waals surface area contributed by atoms with Gasteiger partial charge in [0.2, 0.25) is 0 Å². The first-order valence-electron chi connectivity index (χ1n) is 7.46. The van der Waals surface area contributed by atoms with Gasteiger partial charge in [-0.3, -0.25) is 0 Å². The summed E-state index contributed by atoms with van der Waals surface area (Å²) < 4.78 is 2.23. The standard InChI is InChI=1S/C15H29N3/c1-5-7-9-10-13-14(16)18(11-8-6-2)15(17-13)12(3)4/h12H,5-11,16H2,1-4H3. The number of rotatable bonds is 8. The summed E-state index contributed by atoms with van der Waals surface area (Å²) in [6.45, 7) is 9.84. The van der Waals surface area contributed by atoms with Crippen LogP contribution in [-0.4, -0.2) is 9.55 Å². The third-order valence-corrected chi connectivity index (χ3v) is 3.38. The Morgan fingerprint density at radius 2 is 1.78 bits per heavy atom. The van der Waals surface area contributed by atoms with E-state index >= 15 is 0 Å². The Kier molecular flexibility index (Phi) is 6.23. The van der Waals surface area contributed by atoms with Crippen LogP contribution in [-0.2, 0) is 13.0 Å². The molecule has 0 aliphatic rings. The topological polar surface area (TPSA) is 43.8 Å². The Morgan fingerprint density at radius 1 is 1.11 bits per heavy atom. The Labute approximate surface area is 112 Å². The maximum Gasteiger partial charge on any atom is 0.126 e. The van der Waals surface area contributed by atoms with Gasteiger partial charge < -0.3 is 10.3 Å². The number of aryl methyl sites for hydroxylation is 1. The van der Waals surface area contributed by atoms with Crippen molar-refractivity contribution in [2.45, 2.75) is 78.7 Å². The number of aromatic nitrogens is 2. The summed E-state index contributed by atoms with van der Waals surface area (Å²) in [7, 11) is 0.